The Morgan fingerprint density at radius 2 is 2.47 bits per heavy atom. The van der Waals surface area contributed by atoms with Gasteiger partial charge in [-0.05, 0) is 38.0 Å². The first-order valence-electron chi connectivity index (χ1n) is 6.58. The number of hydrogen-bond donors (Lipinski definition) is 2. The second-order valence-electron chi connectivity index (χ2n) is 4.90. The predicted molar refractivity (Wildman–Crippen MR) is 72.1 cm³/mol. The van der Waals surface area contributed by atoms with Gasteiger partial charge >= 0.3 is 0 Å². The number of hydrogen-bond acceptors (Lipinski definition) is 3. The lowest BCUT2D eigenvalue weighted by molar-refractivity contribution is 0.0858. The van der Waals surface area contributed by atoms with Crippen LogP contribution in [0, 0.1) is 6.92 Å². The molecule has 1 aliphatic rings. The Balaban J connectivity index is 1.69. The maximum Gasteiger partial charge on any atom is 0.251 e. The molecule has 2 aromatic rings. The van der Waals surface area contributed by atoms with Gasteiger partial charge in [0.25, 0.3) is 5.91 Å². The maximum absolute atomic E-state index is 12.1. The van der Waals surface area contributed by atoms with E-state index < -0.39 is 0 Å². The van der Waals surface area contributed by atoms with E-state index in [-0.39, 0.29) is 12.0 Å². The summed E-state index contributed by atoms with van der Waals surface area (Å²) < 4.78 is 5.48. The molecule has 0 aliphatic carbocycles. The highest BCUT2D eigenvalue weighted by Gasteiger charge is 2.16. The molecule has 2 heterocycles. The Hall–Kier alpha value is -1.88. The standard InChI is InChI=1S/C14H17N3O2/c1-9-16-12-5-4-10(7-13(12)17-9)14(18)15-8-11-3-2-6-19-11/h4-5,7,11H,2-3,6,8H2,1H3,(H,15,18)(H,16,17). The summed E-state index contributed by atoms with van der Waals surface area (Å²) in [6.07, 6.45) is 2.28. The number of nitrogens with one attached hydrogen (secondary N) is 2. The van der Waals surface area contributed by atoms with Gasteiger partial charge in [-0.2, -0.15) is 0 Å². The summed E-state index contributed by atoms with van der Waals surface area (Å²) in [5.74, 6) is 0.788. The minimum absolute atomic E-state index is 0.0651. The summed E-state index contributed by atoms with van der Waals surface area (Å²) in [6.45, 7) is 3.29. The van der Waals surface area contributed by atoms with Crippen LogP contribution in [0.25, 0.3) is 11.0 Å². The molecule has 5 nitrogen and oxygen atoms in total. The molecule has 1 aromatic heterocycles. The van der Waals surface area contributed by atoms with Crippen LogP contribution in [-0.4, -0.2) is 35.1 Å². The average molecular weight is 259 g/mol. The highest BCUT2D eigenvalue weighted by molar-refractivity contribution is 5.97. The molecule has 1 saturated heterocycles. The number of imidazole rings is 1. The van der Waals surface area contributed by atoms with Crippen LogP contribution in [0.5, 0.6) is 0 Å². The van der Waals surface area contributed by atoms with E-state index in [9.17, 15) is 4.79 Å². The number of aromatic nitrogens is 2. The zero-order valence-corrected chi connectivity index (χ0v) is 10.9. The molecule has 1 aromatic carbocycles. The third-order valence-electron chi connectivity index (χ3n) is 3.38. The van der Waals surface area contributed by atoms with Crippen molar-refractivity contribution in [2.45, 2.75) is 25.9 Å². The van der Waals surface area contributed by atoms with Crippen LogP contribution in [0.15, 0.2) is 18.2 Å². The highest BCUT2D eigenvalue weighted by Crippen LogP contribution is 2.14. The fourth-order valence-corrected chi connectivity index (χ4v) is 2.39. The molecule has 0 saturated carbocycles. The summed E-state index contributed by atoms with van der Waals surface area (Å²) in [6, 6.07) is 5.49. The summed E-state index contributed by atoms with van der Waals surface area (Å²) in [5, 5.41) is 2.91. The van der Waals surface area contributed by atoms with Gasteiger partial charge in [0.15, 0.2) is 0 Å². The number of aryl methyl sites for hydroxylation is 1. The molecule has 0 radical (unpaired) electrons. The Bertz CT molecular complexity index is 600. The van der Waals surface area contributed by atoms with Gasteiger partial charge in [-0.25, -0.2) is 4.98 Å². The van der Waals surface area contributed by atoms with E-state index >= 15 is 0 Å². The number of benzene rings is 1. The SMILES string of the molecule is Cc1nc2ccc(C(=O)NCC3CCCO3)cc2[nH]1. The normalized spacial score (nSPS) is 18.9. The quantitative estimate of drug-likeness (QED) is 0.883. The second kappa shape index (κ2) is 5.01. The number of carbonyl (C=O) groups excluding carboxylic acids is 1. The van der Waals surface area contributed by atoms with Gasteiger partial charge in [0.05, 0.1) is 17.1 Å². The molecule has 19 heavy (non-hydrogen) atoms. The molecule has 0 spiro atoms. The fourth-order valence-electron chi connectivity index (χ4n) is 2.39. The maximum atomic E-state index is 12.1. The third kappa shape index (κ3) is 2.61. The number of ether oxygens (including phenoxy) is 1. The van der Waals surface area contributed by atoms with Crippen LogP contribution in [0.2, 0.25) is 0 Å². The Morgan fingerprint density at radius 1 is 1.58 bits per heavy atom. The summed E-state index contributed by atoms with van der Waals surface area (Å²) >= 11 is 0. The first kappa shape index (κ1) is 12.2. The molecule has 100 valence electrons. The number of rotatable bonds is 3. The van der Waals surface area contributed by atoms with E-state index in [4.69, 9.17) is 4.74 Å². The first-order valence-corrected chi connectivity index (χ1v) is 6.58. The zero-order chi connectivity index (χ0) is 13.2. The first-order chi connectivity index (χ1) is 9.22. The number of aromatic amines is 1. The van der Waals surface area contributed by atoms with E-state index in [1.165, 1.54) is 0 Å². The lowest BCUT2D eigenvalue weighted by Crippen LogP contribution is -2.31. The van der Waals surface area contributed by atoms with Crippen LogP contribution >= 0.6 is 0 Å². The average Bonchev–Trinajstić information content (AvgIpc) is 3.02. The van der Waals surface area contributed by atoms with Crippen LogP contribution in [0.4, 0.5) is 0 Å². The molecule has 1 atom stereocenters. The molecular weight excluding hydrogens is 242 g/mol. The minimum atomic E-state index is -0.0651. The molecule has 0 bridgehead atoms. The molecular formula is C14H17N3O2. The van der Waals surface area contributed by atoms with Crippen LogP contribution < -0.4 is 5.32 Å². The van der Waals surface area contributed by atoms with Crippen molar-refractivity contribution in [3.8, 4) is 0 Å². The lowest BCUT2D eigenvalue weighted by atomic mass is 10.2. The van der Waals surface area contributed by atoms with Gasteiger partial charge in [0, 0.05) is 18.7 Å². The number of carbonyl (C=O) groups is 1. The second-order valence-corrected chi connectivity index (χ2v) is 4.90. The molecule has 1 amide bonds. The van der Waals surface area contributed by atoms with Crippen molar-refractivity contribution in [3.63, 3.8) is 0 Å². The fraction of sp³-hybridized carbons (Fsp3) is 0.429. The van der Waals surface area contributed by atoms with E-state index in [0.717, 1.165) is 36.3 Å². The van der Waals surface area contributed by atoms with E-state index in [2.05, 4.69) is 15.3 Å². The summed E-state index contributed by atoms with van der Waals surface area (Å²) in [5.41, 5.74) is 2.42. The Labute approximate surface area is 111 Å². The molecule has 2 N–H and O–H groups in total. The number of fused-ring (bicyclic) bond motifs is 1. The van der Waals surface area contributed by atoms with E-state index in [1.807, 2.05) is 19.1 Å². The zero-order valence-electron chi connectivity index (χ0n) is 10.9. The monoisotopic (exact) mass is 259 g/mol. The molecule has 1 fully saturated rings. The van der Waals surface area contributed by atoms with Crippen molar-refractivity contribution >= 4 is 16.9 Å². The highest BCUT2D eigenvalue weighted by atomic mass is 16.5. The smallest absolute Gasteiger partial charge is 0.251 e. The third-order valence-corrected chi connectivity index (χ3v) is 3.38. The van der Waals surface area contributed by atoms with Gasteiger partial charge < -0.3 is 15.0 Å². The molecule has 1 unspecified atom stereocenters. The van der Waals surface area contributed by atoms with Gasteiger partial charge in [-0.3, -0.25) is 4.79 Å². The van der Waals surface area contributed by atoms with Crippen LogP contribution in [0.3, 0.4) is 0 Å². The molecule has 5 heteroatoms. The number of amides is 1. The van der Waals surface area contributed by atoms with Crippen molar-refractivity contribution in [2.75, 3.05) is 13.2 Å². The lowest BCUT2D eigenvalue weighted by Gasteiger charge is -2.10. The van der Waals surface area contributed by atoms with E-state index in [1.54, 1.807) is 6.07 Å². The van der Waals surface area contributed by atoms with Gasteiger partial charge in [0.1, 0.15) is 5.82 Å². The largest absolute Gasteiger partial charge is 0.376 e. The molecule has 1 aliphatic heterocycles. The minimum Gasteiger partial charge on any atom is -0.376 e. The van der Waals surface area contributed by atoms with Crippen molar-refractivity contribution in [1.29, 1.82) is 0 Å². The van der Waals surface area contributed by atoms with Crippen molar-refractivity contribution in [2.24, 2.45) is 0 Å². The summed E-state index contributed by atoms with van der Waals surface area (Å²) in [7, 11) is 0. The Kier molecular flexibility index (Phi) is 3.21. The topological polar surface area (TPSA) is 67.0 Å². The van der Waals surface area contributed by atoms with Gasteiger partial charge in [0.2, 0.25) is 0 Å². The van der Waals surface area contributed by atoms with Crippen molar-refractivity contribution < 1.29 is 9.53 Å². The van der Waals surface area contributed by atoms with Gasteiger partial charge in [-0.1, -0.05) is 0 Å². The predicted octanol–water partition coefficient (Wildman–Crippen LogP) is 1.78. The number of H-pyrrole nitrogens is 1. The number of nitrogens with zero attached hydrogens (tertiary/aromatic N) is 1. The Morgan fingerprint density at radius 3 is 3.26 bits per heavy atom. The van der Waals surface area contributed by atoms with Crippen LogP contribution in [-0.2, 0) is 4.74 Å². The van der Waals surface area contributed by atoms with E-state index in [0.29, 0.717) is 12.1 Å². The van der Waals surface area contributed by atoms with Gasteiger partial charge in [-0.15, -0.1) is 0 Å². The van der Waals surface area contributed by atoms with Crippen LogP contribution in [0.1, 0.15) is 29.0 Å². The molecule has 3 rings (SSSR count). The van der Waals surface area contributed by atoms with Crippen molar-refractivity contribution in [3.05, 3.63) is 29.6 Å². The van der Waals surface area contributed by atoms with Crippen molar-refractivity contribution in [1.82, 2.24) is 15.3 Å². The summed E-state index contributed by atoms with van der Waals surface area (Å²) in [4.78, 5) is 19.5.